The highest BCUT2D eigenvalue weighted by Gasteiger charge is 2.27. The number of hydrogen-bond donors (Lipinski definition) is 1. The van der Waals surface area contributed by atoms with Crippen LogP contribution in [0.25, 0.3) is 11.1 Å². The average molecular weight is 333 g/mol. The predicted octanol–water partition coefficient (Wildman–Crippen LogP) is 3.81. The Bertz CT molecular complexity index is 703. The molecule has 1 amide bonds. The Hall–Kier alpha value is -2.11. The van der Waals surface area contributed by atoms with E-state index in [1.165, 1.54) is 12.1 Å². The number of anilines is 1. The number of rotatable bonds is 5. The molecule has 5 nitrogen and oxygen atoms in total. The molecule has 1 fully saturated rings. The Morgan fingerprint density at radius 2 is 2.08 bits per heavy atom. The van der Waals surface area contributed by atoms with Gasteiger partial charge in [0.15, 0.2) is 5.58 Å². The molecule has 0 unspecified atom stereocenters. The number of fused-ring (bicyclic) bond motifs is 1. The zero-order valence-electron chi connectivity index (χ0n) is 14.2. The number of piperidine rings is 1. The van der Waals surface area contributed by atoms with Crippen LogP contribution in [0.1, 0.15) is 39.5 Å². The van der Waals surface area contributed by atoms with E-state index in [0.717, 1.165) is 38.8 Å². The fourth-order valence-electron chi connectivity index (χ4n) is 3.28. The van der Waals surface area contributed by atoms with E-state index in [4.69, 9.17) is 4.42 Å². The number of carbonyl (C=O) groups is 1. The molecule has 0 bridgehead atoms. The van der Waals surface area contributed by atoms with Crippen molar-refractivity contribution in [2.45, 2.75) is 45.6 Å². The van der Waals surface area contributed by atoms with Crippen LogP contribution in [0.4, 0.5) is 10.4 Å². The van der Waals surface area contributed by atoms with E-state index in [9.17, 15) is 9.18 Å². The van der Waals surface area contributed by atoms with Crippen molar-refractivity contribution in [3.05, 3.63) is 24.0 Å². The number of oxazole rings is 1. The molecule has 2 heterocycles. The molecule has 1 aliphatic rings. The summed E-state index contributed by atoms with van der Waals surface area (Å²) < 4.78 is 18.8. The third-order valence-corrected chi connectivity index (χ3v) is 4.82. The molecule has 0 radical (unpaired) electrons. The lowest BCUT2D eigenvalue weighted by Gasteiger charge is -2.34. The van der Waals surface area contributed by atoms with Crippen molar-refractivity contribution in [3.63, 3.8) is 0 Å². The minimum atomic E-state index is -0.324. The summed E-state index contributed by atoms with van der Waals surface area (Å²) >= 11 is 0. The fraction of sp³-hybridized carbons (Fsp3) is 0.556. The van der Waals surface area contributed by atoms with Gasteiger partial charge < -0.3 is 14.6 Å². The zero-order valence-corrected chi connectivity index (χ0v) is 14.2. The average Bonchev–Trinajstić information content (AvgIpc) is 2.97. The number of halogens is 1. The van der Waals surface area contributed by atoms with E-state index in [1.54, 1.807) is 6.07 Å². The van der Waals surface area contributed by atoms with Gasteiger partial charge in [0.25, 0.3) is 6.01 Å². The van der Waals surface area contributed by atoms with Crippen molar-refractivity contribution >= 4 is 23.0 Å². The predicted molar refractivity (Wildman–Crippen MR) is 91.3 cm³/mol. The molecule has 1 aromatic heterocycles. The van der Waals surface area contributed by atoms with Gasteiger partial charge in [0.1, 0.15) is 11.3 Å². The molecule has 24 heavy (non-hydrogen) atoms. The van der Waals surface area contributed by atoms with Crippen LogP contribution in [-0.4, -0.2) is 34.9 Å². The smallest absolute Gasteiger partial charge is 0.295 e. The number of nitrogens with zero attached hydrogens (tertiary/aromatic N) is 2. The molecular formula is C18H24FN3O2. The zero-order chi connectivity index (χ0) is 17.1. The van der Waals surface area contributed by atoms with Crippen molar-refractivity contribution < 1.29 is 13.6 Å². The maximum Gasteiger partial charge on any atom is 0.295 e. The van der Waals surface area contributed by atoms with E-state index >= 15 is 0 Å². The van der Waals surface area contributed by atoms with Crippen molar-refractivity contribution in [2.75, 3.05) is 18.4 Å². The molecule has 0 saturated carbocycles. The van der Waals surface area contributed by atoms with Gasteiger partial charge in [-0.1, -0.05) is 13.8 Å². The Morgan fingerprint density at radius 3 is 2.75 bits per heavy atom. The quantitative estimate of drug-likeness (QED) is 0.904. The molecule has 1 aliphatic heterocycles. The van der Waals surface area contributed by atoms with Gasteiger partial charge in [0.05, 0.1) is 0 Å². The second kappa shape index (κ2) is 7.20. The monoisotopic (exact) mass is 333 g/mol. The first kappa shape index (κ1) is 16.7. The van der Waals surface area contributed by atoms with Crippen LogP contribution in [0.15, 0.2) is 22.6 Å². The largest absolute Gasteiger partial charge is 0.424 e. The normalized spacial score (nSPS) is 16.1. The molecule has 130 valence electrons. The van der Waals surface area contributed by atoms with E-state index in [-0.39, 0.29) is 23.7 Å². The Kier molecular flexibility index (Phi) is 5.02. The SMILES string of the molecule is CCC(CC)C(=O)N1CCC(Nc2nc3cc(F)ccc3o2)CC1. The third-order valence-electron chi connectivity index (χ3n) is 4.82. The van der Waals surface area contributed by atoms with E-state index in [0.29, 0.717) is 17.1 Å². The minimum absolute atomic E-state index is 0.140. The van der Waals surface area contributed by atoms with Gasteiger partial charge in [-0.15, -0.1) is 0 Å². The van der Waals surface area contributed by atoms with Crippen LogP contribution in [0.3, 0.4) is 0 Å². The number of likely N-dealkylation sites (tertiary alicyclic amines) is 1. The van der Waals surface area contributed by atoms with Crippen molar-refractivity contribution in [1.82, 2.24) is 9.88 Å². The standard InChI is InChI=1S/C18H24FN3O2/c1-3-12(4-2)17(23)22-9-7-14(8-10-22)20-18-21-15-11-13(19)5-6-16(15)24-18/h5-6,11-12,14H,3-4,7-10H2,1-2H3,(H,20,21). The molecule has 1 saturated heterocycles. The molecule has 0 spiro atoms. The highest BCUT2D eigenvalue weighted by molar-refractivity contribution is 5.79. The number of benzene rings is 1. The van der Waals surface area contributed by atoms with Crippen LogP contribution in [0.5, 0.6) is 0 Å². The molecule has 0 atom stereocenters. The molecule has 2 aromatic rings. The molecular weight excluding hydrogens is 309 g/mol. The Labute approximate surface area is 141 Å². The number of aromatic nitrogens is 1. The van der Waals surface area contributed by atoms with Gasteiger partial charge in [-0.05, 0) is 37.8 Å². The van der Waals surface area contributed by atoms with Crippen LogP contribution in [0, 0.1) is 11.7 Å². The molecule has 1 aromatic carbocycles. The van der Waals surface area contributed by atoms with Crippen LogP contribution in [-0.2, 0) is 4.79 Å². The first-order valence-corrected chi connectivity index (χ1v) is 8.72. The topological polar surface area (TPSA) is 58.4 Å². The lowest BCUT2D eigenvalue weighted by molar-refractivity contribution is -0.136. The number of carbonyl (C=O) groups excluding carboxylic acids is 1. The summed E-state index contributed by atoms with van der Waals surface area (Å²) in [6.45, 7) is 5.64. The summed E-state index contributed by atoms with van der Waals surface area (Å²) in [6.07, 6.45) is 3.51. The first-order chi connectivity index (χ1) is 11.6. The molecule has 6 heteroatoms. The second-order valence-corrected chi connectivity index (χ2v) is 6.39. The Balaban J connectivity index is 1.57. The van der Waals surface area contributed by atoms with Crippen LogP contribution >= 0.6 is 0 Å². The second-order valence-electron chi connectivity index (χ2n) is 6.39. The summed E-state index contributed by atoms with van der Waals surface area (Å²) in [6, 6.07) is 4.94. The maximum atomic E-state index is 13.2. The van der Waals surface area contributed by atoms with Gasteiger partial charge in [-0.3, -0.25) is 4.79 Å². The molecule has 1 N–H and O–H groups in total. The van der Waals surface area contributed by atoms with Gasteiger partial charge in [0.2, 0.25) is 5.91 Å². The summed E-state index contributed by atoms with van der Waals surface area (Å²) in [5.41, 5.74) is 1.08. The molecule has 3 rings (SSSR count). The highest BCUT2D eigenvalue weighted by Crippen LogP contribution is 2.23. The summed E-state index contributed by atoms with van der Waals surface area (Å²) in [5.74, 6) is 0.0906. The van der Waals surface area contributed by atoms with Crippen molar-refractivity contribution in [3.8, 4) is 0 Å². The Morgan fingerprint density at radius 1 is 1.38 bits per heavy atom. The highest BCUT2D eigenvalue weighted by atomic mass is 19.1. The number of nitrogens with one attached hydrogen (secondary N) is 1. The number of hydrogen-bond acceptors (Lipinski definition) is 4. The van der Waals surface area contributed by atoms with Gasteiger partial charge in [-0.2, -0.15) is 4.98 Å². The first-order valence-electron chi connectivity index (χ1n) is 8.72. The van der Waals surface area contributed by atoms with E-state index in [1.807, 2.05) is 4.90 Å². The lowest BCUT2D eigenvalue weighted by atomic mass is 9.98. The summed E-state index contributed by atoms with van der Waals surface area (Å²) in [4.78, 5) is 18.7. The van der Waals surface area contributed by atoms with Crippen LogP contribution in [0.2, 0.25) is 0 Å². The van der Waals surface area contributed by atoms with Crippen LogP contribution < -0.4 is 5.32 Å². The fourth-order valence-corrected chi connectivity index (χ4v) is 3.28. The van der Waals surface area contributed by atoms with Crippen molar-refractivity contribution in [1.29, 1.82) is 0 Å². The number of amides is 1. The third kappa shape index (κ3) is 3.52. The summed E-state index contributed by atoms with van der Waals surface area (Å²) in [5, 5.41) is 3.27. The summed E-state index contributed by atoms with van der Waals surface area (Å²) in [7, 11) is 0. The maximum absolute atomic E-state index is 13.2. The van der Waals surface area contributed by atoms with Gasteiger partial charge >= 0.3 is 0 Å². The van der Waals surface area contributed by atoms with Gasteiger partial charge in [0, 0.05) is 31.1 Å². The van der Waals surface area contributed by atoms with Crippen molar-refractivity contribution in [2.24, 2.45) is 5.92 Å². The van der Waals surface area contributed by atoms with E-state index < -0.39 is 0 Å². The van der Waals surface area contributed by atoms with Gasteiger partial charge in [-0.25, -0.2) is 4.39 Å². The van der Waals surface area contributed by atoms with E-state index in [2.05, 4.69) is 24.1 Å². The molecule has 0 aliphatic carbocycles. The lowest BCUT2D eigenvalue weighted by Crippen LogP contribution is -2.44. The minimum Gasteiger partial charge on any atom is -0.424 e.